The average Bonchev–Trinajstić information content (AvgIpc) is 3.11. The standard InChI is InChI=1S/C16H12ClF2N3O3S2/c17-13-11(25-15(20)9-3-1-2-4-10(9)18)5-6-12(14(13)19)27(23,24)22-16-21-7-8-26-16/h1-8,15H,20H2,(H,21,22)/t15-/m1/s1. The lowest BCUT2D eigenvalue weighted by molar-refractivity contribution is 0.208. The second-order valence-corrected chi connectivity index (χ2v) is 8.12. The number of nitrogens with two attached hydrogens (primary N) is 1. The van der Waals surface area contributed by atoms with E-state index < -0.39 is 37.8 Å². The largest absolute Gasteiger partial charge is 0.470 e. The topological polar surface area (TPSA) is 94.3 Å². The molecule has 142 valence electrons. The molecular weight excluding hydrogens is 420 g/mol. The first-order chi connectivity index (χ1) is 12.8. The van der Waals surface area contributed by atoms with E-state index >= 15 is 0 Å². The van der Waals surface area contributed by atoms with E-state index in [4.69, 9.17) is 22.1 Å². The van der Waals surface area contributed by atoms with Crippen molar-refractivity contribution in [2.24, 2.45) is 5.73 Å². The monoisotopic (exact) mass is 431 g/mol. The number of aromatic nitrogens is 1. The van der Waals surface area contributed by atoms with Crippen LogP contribution in [0.5, 0.6) is 5.75 Å². The zero-order chi connectivity index (χ0) is 19.6. The molecule has 0 unspecified atom stereocenters. The van der Waals surface area contributed by atoms with E-state index in [1.54, 1.807) is 11.4 Å². The van der Waals surface area contributed by atoms with Crippen LogP contribution in [0.25, 0.3) is 0 Å². The van der Waals surface area contributed by atoms with Crippen molar-refractivity contribution in [1.29, 1.82) is 0 Å². The summed E-state index contributed by atoms with van der Waals surface area (Å²) < 4.78 is 60.4. The van der Waals surface area contributed by atoms with Crippen LogP contribution in [0, 0.1) is 11.6 Å². The van der Waals surface area contributed by atoms with Gasteiger partial charge >= 0.3 is 0 Å². The third kappa shape index (κ3) is 4.19. The van der Waals surface area contributed by atoms with Crippen molar-refractivity contribution in [2.75, 3.05) is 4.72 Å². The number of rotatable bonds is 6. The van der Waals surface area contributed by atoms with Gasteiger partial charge in [-0.05, 0) is 18.2 Å². The molecule has 0 aliphatic heterocycles. The van der Waals surface area contributed by atoms with Crippen LogP contribution in [0.2, 0.25) is 5.02 Å². The van der Waals surface area contributed by atoms with Crippen LogP contribution in [0.4, 0.5) is 13.9 Å². The van der Waals surface area contributed by atoms with E-state index in [0.29, 0.717) is 0 Å². The Morgan fingerprint density at radius 1 is 1.22 bits per heavy atom. The molecule has 0 radical (unpaired) electrons. The first-order valence-corrected chi connectivity index (χ1v) is 10.1. The molecular formula is C16H12ClF2N3O3S2. The van der Waals surface area contributed by atoms with E-state index in [1.165, 1.54) is 24.4 Å². The summed E-state index contributed by atoms with van der Waals surface area (Å²) >= 11 is 6.93. The molecule has 0 saturated heterocycles. The van der Waals surface area contributed by atoms with Crippen molar-refractivity contribution in [1.82, 2.24) is 4.98 Å². The molecule has 1 aromatic heterocycles. The minimum atomic E-state index is -4.25. The molecule has 2 aromatic carbocycles. The average molecular weight is 432 g/mol. The lowest BCUT2D eigenvalue weighted by Crippen LogP contribution is -2.20. The van der Waals surface area contributed by atoms with Gasteiger partial charge in [0, 0.05) is 17.1 Å². The fraction of sp³-hybridized carbons (Fsp3) is 0.0625. The number of sulfonamides is 1. The fourth-order valence-electron chi connectivity index (χ4n) is 2.16. The minimum absolute atomic E-state index is 0.0381. The van der Waals surface area contributed by atoms with Crippen molar-refractivity contribution >= 4 is 38.1 Å². The Labute approximate surface area is 162 Å². The van der Waals surface area contributed by atoms with Gasteiger partial charge in [0.05, 0.1) is 0 Å². The van der Waals surface area contributed by atoms with Crippen LogP contribution >= 0.6 is 22.9 Å². The molecule has 11 heteroatoms. The van der Waals surface area contributed by atoms with Gasteiger partial charge in [0.2, 0.25) is 0 Å². The molecule has 3 N–H and O–H groups in total. The molecule has 3 aromatic rings. The number of ether oxygens (including phenoxy) is 1. The van der Waals surface area contributed by atoms with Crippen molar-refractivity contribution in [3.63, 3.8) is 0 Å². The Kier molecular flexibility index (Phi) is 5.61. The molecule has 1 atom stereocenters. The second-order valence-electron chi connectivity index (χ2n) is 5.19. The smallest absolute Gasteiger partial charge is 0.266 e. The van der Waals surface area contributed by atoms with E-state index in [2.05, 4.69) is 9.71 Å². The molecule has 1 heterocycles. The van der Waals surface area contributed by atoms with E-state index in [0.717, 1.165) is 23.5 Å². The van der Waals surface area contributed by atoms with Gasteiger partial charge in [-0.15, -0.1) is 11.3 Å². The van der Waals surface area contributed by atoms with Gasteiger partial charge in [0.25, 0.3) is 10.0 Å². The van der Waals surface area contributed by atoms with Crippen molar-refractivity contribution in [3.8, 4) is 5.75 Å². The van der Waals surface area contributed by atoms with Gasteiger partial charge in [0.1, 0.15) is 21.5 Å². The quantitative estimate of drug-likeness (QED) is 0.577. The van der Waals surface area contributed by atoms with Gasteiger partial charge in [-0.1, -0.05) is 29.8 Å². The summed E-state index contributed by atoms with van der Waals surface area (Å²) in [6.07, 6.45) is 0.131. The molecule has 27 heavy (non-hydrogen) atoms. The highest BCUT2D eigenvalue weighted by molar-refractivity contribution is 7.93. The predicted octanol–water partition coefficient (Wildman–Crippen LogP) is 3.91. The number of nitrogens with zero attached hydrogens (tertiary/aromatic N) is 1. The van der Waals surface area contributed by atoms with Gasteiger partial charge in [-0.2, -0.15) is 0 Å². The van der Waals surface area contributed by atoms with Gasteiger partial charge < -0.3 is 4.74 Å². The number of halogens is 3. The Hall–Kier alpha value is -2.27. The van der Waals surface area contributed by atoms with Crippen molar-refractivity contribution in [3.05, 3.63) is 70.2 Å². The summed E-state index contributed by atoms with van der Waals surface area (Å²) in [6, 6.07) is 7.75. The summed E-state index contributed by atoms with van der Waals surface area (Å²) in [5.41, 5.74) is 5.82. The molecule has 3 rings (SSSR count). The summed E-state index contributed by atoms with van der Waals surface area (Å²) in [6.45, 7) is 0. The van der Waals surface area contributed by atoms with Gasteiger partial charge in [-0.25, -0.2) is 22.2 Å². The van der Waals surface area contributed by atoms with E-state index in [1.807, 2.05) is 0 Å². The van der Waals surface area contributed by atoms with Gasteiger partial charge in [-0.3, -0.25) is 10.5 Å². The highest BCUT2D eigenvalue weighted by Crippen LogP contribution is 2.34. The van der Waals surface area contributed by atoms with Crippen molar-refractivity contribution < 1.29 is 21.9 Å². The lowest BCUT2D eigenvalue weighted by Gasteiger charge is -2.17. The lowest BCUT2D eigenvalue weighted by atomic mass is 10.2. The number of thiazole rings is 1. The van der Waals surface area contributed by atoms with E-state index in [9.17, 15) is 17.2 Å². The number of benzene rings is 2. The SMILES string of the molecule is N[C@H](Oc1ccc(S(=O)(=O)Nc2nccs2)c(F)c1Cl)c1ccccc1F. The maximum Gasteiger partial charge on any atom is 0.266 e. The third-order valence-corrected chi connectivity index (χ3v) is 5.95. The number of hydrogen-bond acceptors (Lipinski definition) is 6. The van der Waals surface area contributed by atoms with Crippen LogP contribution in [-0.2, 0) is 10.0 Å². The number of nitrogens with one attached hydrogen (secondary N) is 1. The normalized spacial score (nSPS) is 12.6. The predicted molar refractivity (Wildman–Crippen MR) is 98.3 cm³/mol. The molecule has 0 spiro atoms. The second kappa shape index (κ2) is 7.77. The van der Waals surface area contributed by atoms with Crippen LogP contribution in [0.3, 0.4) is 0 Å². The minimum Gasteiger partial charge on any atom is -0.470 e. The third-order valence-electron chi connectivity index (χ3n) is 3.42. The highest BCUT2D eigenvalue weighted by Gasteiger charge is 2.25. The first-order valence-electron chi connectivity index (χ1n) is 7.36. The van der Waals surface area contributed by atoms with Crippen LogP contribution in [-0.4, -0.2) is 13.4 Å². The summed E-state index contributed by atoms with van der Waals surface area (Å²) in [5.74, 6) is -2.05. The highest BCUT2D eigenvalue weighted by atomic mass is 35.5. The zero-order valence-corrected chi connectivity index (χ0v) is 15.8. The zero-order valence-electron chi connectivity index (χ0n) is 13.4. The maximum atomic E-state index is 14.6. The Morgan fingerprint density at radius 2 is 1.96 bits per heavy atom. The molecule has 0 saturated carbocycles. The molecule has 0 aliphatic carbocycles. The van der Waals surface area contributed by atoms with E-state index in [-0.39, 0.29) is 16.4 Å². The van der Waals surface area contributed by atoms with Crippen molar-refractivity contribution in [2.45, 2.75) is 11.1 Å². The Balaban J connectivity index is 1.88. The van der Waals surface area contributed by atoms with Crippen LogP contribution < -0.4 is 15.2 Å². The molecule has 6 nitrogen and oxygen atoms in total. The molecule has 0 aliphatic rings. The Bertz CT molecular complexity index is 1060. The molecule has 0 amide bonds. The Morgan fingerprint density at radius 3 is 2.63 bits per heavy atom. The summed E-state index contributed by atoms with van der Waals surface area (Å²) in [5, 5.41) is 1.04. The number of anilines is 1. The summed E-state index contributed by atoms with van der Waals surface area (Å²) in [4.78, 5) is 3.09. The first kappa shape index (κ1) is 19.5. The van der Waals surface area contributed by atoms with Crippen LogP contribution in [0.1, 0.15) is 11.8 Å². The number of hydrogen-bond donors (Lipinski definition) is 2. The maximum absolute atomic E-state index is 14.6. The summed E-state index contributed by atoms with van der Waals surface area (Å²) in [7, 11) is -4.25. The fourth-order valence-corrected chi connectivity index (χ4v) is 4.30. The van der Waals surface area contributed by atoms with Gasteiger partial charge in [0.15, 0.2) is 17.2 Å². The van der Waals surface area contributed by atoms with Crippen LogP contribution in [0.15, 0.2) is 52.9 Å². The molecule has 0 fully saturated rings. The molecule has 0 bridgehead atoms.